The molecule has 1 heteroatoms. The van der Waals surface area contributed by atoms with Crippen LogP contribution in [0.25, 0.3) is 0 Å². The fourth-order valence-electron chi connectivity index (χ4n) is 0.333. The standard InChI is InChI=1S/C5H6O.C4H10/c1-5-2-3-6-4-5;1-4(2)3/h2-4H,1H3;4H,1-3H3. The molecule has 0 fully saturated rings. The Kier molecular flexibility index (Phi) is 4.73. The number of rotatable bonds is 0. The van der Waals surface area contributed by atoms with Crippen molar-refractivity contribution in [3.8, 4) is 0 Å². The minimum absolute atomic E-state index is 0.833. The van der Waals surface area contributed by atoms with E-state index in [1.165, 1.54) is 5.56 Å². The van der Waals surface area contributed by atoms with Gasteiger partial charge in [0.05, 0.1) is 12.5 Å². The maximum Gasteiger partial charge on any atom is 0.0931 e. The summed E-state index contributed by atoms with van der Waals surface area (Å²) in [4.78, 5) is 0. The van der Waals surface area contributed by atoms with Gasteiger partial charge in [-0.3, -0.25) is 0 Å². The lowest BCUT2D eigenvalue weighted by atomic mass is 10.3. The molecule has 1 aromatic rings. The largest absolute Gasteiger partial charge is 0.472 e. The normalized spacial score (nSPS) is 8.90. The van der Waals surface area contributed by atoms with Gasteiger partial charge < -0.3 is 4.42 Å². The molecule has 0 aromatic carbocycles. The molecule has 0 aliphatic heterocycles. The van der Waals surface area contributed by atoms with Crippen molar-refractivity contribution in [3.63, 3.8) is 0 Å². The molecule has 1 nitrogen and oxygen atoms in total. The molecule has 0 spiro atoms. The van der Waals surface area contributed by atoms with Gasteiger partial charge in [0.2, 0.25) is 0 Å². The van der Waals surface area contributed by atoms with E-state index in [-0.39, 0.29) is 0 Å². The lowest BCUT2D eigenvalue weighted by Crippen LogP contribution is -1.66. The molecule has 0 atom stereocenters. The minimum Gasteiger partial charge on any atom is -0.472 e. The van der Waals surface area contributed by atoms with Crippen LogP contribution in [0.2, 0.25) is 0 Å². The van der Waals surface area contributed by atoms with E-state index in [0.717, 1.165) is 5.92 Å². The Morgan fingerprint density at radius 3 is 1.90 bits per heavy atom. The molecule has 1 heterocycles. The van der Waals surface area contributed by atoms with Crippen molar-refractivity contribution < 1.29 is 4.42 Å². The minimum atomic E-state index is 0.833. The first-order valence-corrected chi connectivity index (χ1v) is 3.61. The highest BCUT2D eigenvalue weighted by molar-refractivity contribution is 5.00. The third-order valence-electron chi connectivity index (χ3n) is 0.663. The van der Waals surface area contributed by atoms with Crippen molar-refractivity contribution in [3.05, 3.63) is 24.2 Å². The second-order valence-corrected chi connectivity index (χ2v) is 3.03. The molecule has 0 amide bonds. The third-order valence-corrected chi connectivity index (χ3v) is 0.663. The molecule has 10 heavy (non-hydrogen) atoms. The van der Waals surface area contributed by atoms with Gasteiger partial charge in [0.15, 0.2) is 0 Å². The quantitative estimate of drug-likeness (QED) is 0.539. The first-order chi connectivity index (χ1) is 4.63. The van der Waals surface area contributed by atoms with E-state index >= 15 is 0 Å². The van der Waals surface area contributed by atoms with Crippen LogP contribution in [0, 0.1) is 12.8 Å². The van der Waals surface area contributed by atoms with Crippen LogP contribution >= 0.6 is 0 Å². The second kappa shape index (κ2) is 5.10. The summed E-state index contributed by atoms with van der Waals surface area (Å²) in [5.41, 5.74) is 1.18. The Morgan fingerprint density at radius 1 is 1.30 bits per heavy atom. The van der Waals surface area contributed by atoms with Gasteiger partial charge in [-0.1, -0.05) is 20.8 Å². The van der Waals surface area contributed by atoms with E-state index in [1.807, 2.05) is 13.0 Å². The van der Waals surface area contributed by atoms with Gasteiger partial charge in [-0.15, -0.1) is 0 Å². The van der Waals surface area contributed by atoms with E-state index < -0.39 is 0 Å². The smallest absolute Gasteiger partial charge is 0.0931 e. The summed E-state index contributed by atoms with van der Waals surface area (Å²) in [5.74, 6) is 0.833. The van der Waals surface area contributed by atoms with Gasteiger partial charge in [0.1, 0.15) is 0 Å². The Labute approximate surface area is 63.1 Å². The Bertz CT molecular complexity index is 137. The molecule has 0 saturated heterocycles. The zero-order valence-corrected chi connectivity index (χ0v) is 7.22. The average Bonchev–Trinajstić information content (AvgIpc) is 2.15. The fourth-order valence-corrected chi connectivity index (χ4v) is 0.333. The van der Waals surface area contributed by atoms with Crippen molar-refractivity contribution in [2.45, 2.75) is 27.7 Å². The van der Waals surface area contributed by atoms with Gasteiger partial charge in [-0.25, -0.2) is 0 Å². The lowest BCUT2D eigenvalue weighted by molar-refractivity contribution is 0.565. The first kappa shape index (κ1) is 9.28. The zero-order valence-electron chi connectivity index (χ0n) is 7.22. The van der Waals surface area contributed by atoms with Gasteiger partial charge >= 0.3 is 0 Å². The van der Waals surface area contributed by atoms with Crippen molar-refractivity contribution in [1.82, 2.24) is 0 Å². The second-order valence-electron chi connectivity index (χ2n) is 3.03. The van der Waals surface area contributed by atoms with E-state index in [0.29, 0.717) is 0 Å². The van der Waals surface area contributed by atoms with Crippen LogP contribution in [0.15, 0.2) is 23.0 Å². The molecular weight excluding hydrogens is 124 g/mol. The van der Waals surface area contributed by atoms with Crippen LogP contribution in [0.1, 0.15) is 26.3 Å². The van der Waals surface area contributed by atoms with E-state index in [9.17, 15) is 0 Å². The zero-order chi connectivity index (χ0) is 7.98. The van der Waals surface area contributed by atoms with Crippen molar-refractivity contribution in [1.29, 1.82) is 0 Å². The summed E-state index contributed by atoms with van der Waals surface area (Å²) in [5, 5.41) is 0. The van der Waals surface area contributed by atoms with Gasteiger partial charge in [-0.05, 0) is 24.5 Å². The van der Waals surface area contributed by atoms with E-state index in [2.05, 4.69) is 20.8 Å². The summed E-state index contributed by atoms with van der Waals surface area (Å²) in [6.07, 6.45) is 3.37. The van der Waals surface area contributed by atoms with Crippen LogP contribution < -0.4 is 0 Å². The number of furan rings is 1. The summed E-state index contributed by atoms with van der Waals surface area (Å²) in [6, 6.07) is 1.92. The highest BCUT2D eigenvalue weighted by atomic mass is 16.3. The summed E-state index contributed by atoms with van der Waals surface area (Å²) < 4.78 is 4.71. The lowest BCUT2D eigenvalue weighted by Gasteiger charge is -1.79. The summed E-state index contributed by atoms with van der Waals surface area (Å²) >= 11 is 0. The van der Waals surface area contributed by atoms with Crippen molar-refractivity contribution >= 4 is 0 Å². The van der Waals surface area contributed by atoms with E-state index in [1.54, 1.807) is 12.5 Å². The van der Waals surface area contributed by atoms with Gasteiger partial charge in [0, 0.05) is 0 Å². The van der Waals surface area contributed by atoms with Crippen molar-refractivity contribution in [2.24, 2.45) is 5.92 Å². The highest BCUT2D eigenvalue weighted by Crippen LogP contribution is 1.93. The van der Waals surface area contributed by atoms with Crippen LogP contribution in [0.4, 0.5) is 0 Å². The number of aryl methyl sites for hydroxylation is 1. The topological polar surface area (TPSA) is 13.1 Å². The van der Waals surface area contributed by atoms with Crippen LogP contribution in [0.3, 0.4) is 0 Å². The molecule has 0 aliphatic rings. The van der Waals surface area contributed by atoms with Crippen LogP contribution in [0.5, 0.6) is 0 Å². The number of hydrogen-bond donors (Lipinski definition) is 0. The van der Waals surface area contributed by atoms with Gasteiger partial charge in [-0.2, -0.15) is 0 Å². The molecule has 0 unspecified atom stereocenters. The Hall–Kier alpha value is -0.720. The molecule has 0 N–H and O–H groups in total. The first-order valence-electron chi connectivity index (χ1n) is 3.61. The SMILES string of the molecule is CC(C)C.Cc1ccoc1. The average molecular weight is 140 g/mol. The monoisotopic (exact) mass is 140 g/mol. The maximum absolute atomic E-state index is 4.71. The molecule has 0 bridgehead atoms. The fraction of sp³-hybridized carbons (Fsp3) is 0.556. The Balaban J connectivity index is 0.000000180. The van der Waals surface area contributed by atoms with Crippen LogP contribution in [-0.2, 0) is 0 Å². The number of hydrogen-bond acceptors (Lipinski definition) is 1. The predicted molar refractivity (Wildman–Crippen MR) is 44.0 cm³/mol. The predicted octanol–water partition coefficient (Wildman–Crippen LogP) is 3.25. The molecule has 1 rings (SSSR count). The van der Waals surface area contributed by atoms with Gasteiger partial charge in [0.25, 0.3) is 0 Å². The molecule has 0 radical (unpaired) electrons. The molecule has 58 valence electrons. The van der Waals surface area contributed by atoms with Crippen LogP contribution in [-0.4, -0.2) is 0 Å². The third kappa shape index (κ3) is 7.28. The maximum atomic E-state index is 4.71. The van der Waals surface area contributed by atoms with Crippen molar-refractivity contribution in [2.75, 3.05) is 0 Å². The molecule has 1 aromatic heterocycles. The van der Waals surface area contributed by atoms with E-state index in [4.69, 9.17) is 4.42 Å². The Morgan fingerprint density at radius 2 is 1.80 bits per heavy atom. The molecule has 0 saturated carbocycles. The molecular formula is C9H16O. The highest BCUT2D eigenvalue weighted by Gasteiger charge is 1.75. The summed E-state index contributed by atoms with van der Waals surface area (Å²) in [7, 11) is 0. The summed E-state index contributed by atoms with van der Waals surface area (Å²) in [6.45, 7) is 8.49. The molecule has 0 aliphatic carbocycles.